The van der Waals surface area contributed by atoms with E-state index in [2.05, 4.69) is 15.1 Å². The molecule has 0 fully saturated rings. The van der Waals surface area contributed by atoms with Crippen molar-refractivity contribution in [1.82, 2.24) is 19.6 Å². The Hall–Kier alpha value is -3.92. The molecule has 1 aliphatic rings. The molecule has 10 heteroatoms. The minimum atomic E-state index is -0.638. The zero-order valence-corrected chi connectivity index (χ0v) is 15.6. The number of amides is 2. The lowest BCUT2D eigenvalue weighted by molar-refractivity contribution is -0.119. The summed E-state index contributed by atoms with van der Waals surface area (Å²) in [6.45, 7) is -0.264. The molecule has 2 amide bonds. The maximum absolute atomic E-state index is 13.0. The van der Waals surface area contributed by atoms with Crippen LogP contribution in [0.4, 0.5) is 5.69 Å². The number of benzene rings is 1. The van der Waals surface area contributed by atoms with Crippen LogP contribution in [-0.2, 0) is 9.59 Å². The molecule has 3 aromatic heterocycles. The molecule has 4 aromatic rings. The Morgan fingerprint density at radius 2 is 1.97 bits per heavy atom. The largest absolute Gasteiger partial charge is 0.368 e. The molecule has 1 aromatic carbocycles. The van der Waals surface area contributed by atoms with E-state index < -0.39 is 17.4 Å². The third kappa shape index (κ3) is 2.61. The number of pyridine rings is 1. The van der Waals surface area contributed by atoms with Gasteiger partial charge in [0, 0.05) is 23.5 Å². The molecule has 29 heavy (non-hydrogen) atoms. The van der Waals surface area contributed by atoms with Gasteiger partial charge in [-0.1, -0.05) is 29.5 Å². The lowest BCUT2D eigenvalue weighted by Gasteiger charge is -2.14. The van der Waals surface area contributed by atoms with E-state index in [9.17, 15) is 14.4 Å². The van der Waals surface area contributed by atoms with Gasteiger partial charge in [0.15, 0.2) is 5.82 Å². The van der Waals surface area contributed by atoms with Crippen molar-refractivity contribution >= 4 is 39.4 Å². The Morgan fingerprint density at radius 3 is 2.69 bits per heavy atom. The molecule has 0 saturated heterocycles. The Balaban J connectivity index is 1.73. The molecule has 0 bridgehead atoms. The van der Waals surface area contributed by atoms with Crippen molar-refractivity contribution in [1.29, 1.82) is 0 Å². The summed E-state index contributed by atoms with van der Waals surface area (Å²) in [5.41, 5.74) is 6.89. The molecule has 2 N–H and O–H groups in total. The van der Waals surface area contributed by atoms with E-state index in [0.717, 1.165) is 11.3 Å². The Morgan fingerprint density at radius 1 is 1.14 bits per heavy atom. The molecule has 0 radical (unpaired) electrons. The highest BCUT2D eigenvalue weighted by molar-refractivity contribution is 7.15. The van der Waals surface area contributed by atoms with Crippen LogP contribution in [0.3, 0.4) is 0 Å². The third-order valence-electron chi connectivity index (χ3n) is 4.54. The predicted octanol–water partition coefficient (Wildman–Crippen LogP) is -0.0372. The van der Waals surface area contributed by atoms with Crippen molar-refractivity contribution in [2.75, 3.05) is 11.4 Å². The van der Waals surface area contributed by atoms with Crippen molar-refractivity contribution in [2.24, 2.45) is 5.73 Å². The number of aromatic nitrogens is 4. The quantitative estimate of drug-likeness (QED) is 0.511. The van der Waals surface area contributed by atoms with Crippen LogP contribution in [0.15, 0.2) is 53.6 Å². The second-order valence-corrected chi connectivity index (χ2v) is 7.34. The first-order valence-corrected chi connectivity index (χ1v) is 9.40. The number of anilines is 1. The van der Waals surface area contributed by atoms with Gasteiger partial charge in [0.2, 0.25) is 10.9 Å². The summed E-state index contributed by atoms with van der Waals surface area (Å²) < 4.78 is 1.41. The summed E-state index contributed by atoms with van der Waals surface area (Å²) in [4.78, 5) is 47.6. The summed E-state index contributed by atoms with van der Waals surface area (Å²) in [7, 11) is 0. The van der Waals surface area contributed by atoms with E-state index in [1.54, 1.807) is 48.8 Å². The SMILES string of the molecule is NC(=O)CN1C(=O)/C(=c2\sc3nc(-c4cccnc4)nn3c2=O)c2ccccc21. The number of nitrogens with zero attached hydrogens (tertiary/aromatic N) is 5. The molecule has 0 saturated carbocycles. The number of carbonyl (C=O) groups excluding carboxylic acids is 2. The van der Waals surface area contributed by atoms with Crippen molar-refractivity contribution in [3.8, 4) is 11.4 Å². The van der Waals surface area contributed by atoms with Gasteiger partial charge >= 0.3 is 0 Å². The lowest BCUT2D eigenvalue weighted by Crippen LogP contribution is -2.37. The summed E-state index contributed by atoms with van der Waals surface area (Å²) >= 11 is 1.08. The highest BCUT2D eigenvalue weighted by Crippen LogP contribution is 2.34. The fraction of sp³-hybridized carbons (Fsp3) is 0.0526. The van der Waals surface area contributed by atoms with Crippen LogP contribution in [0.5, 0.6) is 0 Å². The fourth-order valence-corrected chi connectivity index (χ4v) is 4.31. The molecule has 0 aliphatic carbocycles. The number of rotatable bonds is 3. The van der Waals surface area contributed by atoms with Crippen molar-refractivity contribution in [3.05, 3.63) is 69.2 Å². The zero-order chi connectivity index (χ0) is 20.1. The monoisotopic (exact) mass is 404 g/mol. The second-order valence-electron chi connectivity index (χ2n) is 6.36. The van der Waals surface area contributed by atoms with E-state index >= 15 is 0 Å². The minimum absolute atomic E-state index is 0.224. The molecule has 9 nitrogen and oxygen atoms in total. The van der Waals surface area contributed by atoms with Crippen LogP contribution in [-0.4, -0.2) is 37.9 Å². The van der Waals surface area contributed by atoms with Crippen LogP contribution in [0.25, 0.3) is 21.9 Å². The highest BCUT2D eigenvalue weighted by Gasteiger charge is 2.35. The van der Waals surface area contributed by atoms with Gasteiger partial charge in [0.1, 0.15) is 11.1 Å². The molecule has 0 unspecified atom stereocenters. The number of para-hydroxylation sites is 1. The van der Waals surface area contributed by atoms with Crippen molar-refractivity contribution in [2.45, 2.75) is 0 Å². The molecule has 1 aliphatic heterocycles. The van der Waals surface area contributed by atoms with Gasteiger partial charge in [-0.25, -0.2) is 0 Å². The van der Waals surface area contributed by atoms with E-state index in [-0.39, 0.29) is 16.7 Å². The number of carbonyl (C=O) groups is 2. The second kappa shape index (κ2) is 6.31. The number of nitrogens with two attached hydrogens (primary N) is 1. The number of thiazole rings is 1. The van der Waals surface area contributed by atoms with Crippen LogP contribution in [0.1, 0.15) is 5.56 Å². The average Bonchev–Trinajstić information content (AvgIpc) is 3.35. The summed E-state index contributed by atoms with van der Waals surface area (Å²) in [5.74, 6) is -0.703. The minimum Gasteiger partial charge on any atom is -0.368 e. The maximum Gasteiger partial charge on any atom is 0.291 e. The van der Waals surface area contributed by atoms with E-state index in [1.807, 2.05) is 0 Å². The molecule has 0 spiro atoms. The number of fused-ring (bicyclic) bond motifs is 2. The van der Waals surface area contributed by atoms with Crippen LogP contribution < -0.4 is 20.7 Å². The Labute approximate surface area is 166 Å². The number of hydrogen-bond donors (Lipinski definition) is 1. The van der Waals surface area contributed by atoms with Crippen molar-refractivity contribution in [3.63, 3.8) is 0 Å². The first-order chi connectivity index (χ1) is 14.0. The summed E-state index contributed by atoms with van der Waals surface area (Å²) in [6.07, 6.45) is 3.24. The molecule has 142 valence electrons. The lowest BCUT2D eigenvalue weighted by atomic mass is 10.1. The summed E-state index contributed by atoms with van der Waals surface area (Å²) in [6, 6.07) is 10.5. The highest BCUT2D eigenvalue weighted by atomic mass is 32.1. The van der Waals surface area contributed by atoms with Crippen LogP contribution in [0.2, 0.25) is 0 Å². The first-order valence-electron chi connectivity index (χ1n) is 8.58. The normalized spacial score (nSPS) is 15.2. The average molecular weight is 404 g/mol. The predicted molar refractivity (Wildman–Crippen MR) is 106 cm³/mol. The molecular weight excluding hydrogens is 392 g/mol. The standard InChI is InChI=1S/C19H12N6O3S/c20-13(26)9-24-12-6-2-1-5-11(12)14(17(24)27)15-18(28)25-19(29-15)22-16(23-25)10-4-3-7-21-8-10/h1-8H,9H2,(H2,20,26)/b15-14-. The summed E-state index contributed by atoms with van der Waals surface area (Å²) in [5, 5.41) is 4.27. The molecular formula is C19H12N6O3S. The Kier molecular flexibility index (Phi) is 3.74. The molecule has 5 rings (SSSR count). The van der Waals surface area contributed by atoms with E-state index in [4.69, 9.17) is 5.73 Å². The fourth-order valence-electron chi connectivity index (χ4n) is 3.31. The number of hydrogen-bond acceptors (Lipinski definition) is 7. The molecule has 0 atom stereocenters. The smallest absolute Gasteiger partial charge is 0.291 e. The van der Waals surface area contributed by atoms with Gasteiger partial charge < -0.3 is 5.73 Å². The van der Waals surface area contributed by atoms with E-state index in [1.165, 1.54) is 9.42 Å². The third-order valence-corrected chi connectivity index (χ3v) is 5.57. The van der Waals surface area contributed by atoms with Gasteiger partial charge in [-0.2, -0.15) is 9.50 Å². The number of primary amides is 1. The van der Waals surface area contributed by atoms with Gasteiger partial charge in [-0.15, -0.1) is 5.10 Å². The molecule has 4 heterocycles. The van der Waals surface area contributed by atoms with E-state index in [0.29, 0.717) is 27.6 Å². The maximum atomic E-state index is 13.0. The topological polar surface area (TPSA) is 124 Å². The first kappa shape index (κ1) is 17.2. The Bertz CT molecular complexity index is 1410. The van der Waals surface area contributed by atoms with Gasteiger partial charge in [-0.3, -0.25) is 24.3 Å². The van der Waals surface area contributed by atoms with Gasteiger partial charge in [0.05, 0.1) is 11.3 Å². The van der Waals surface area contributed by atoms with Crippen LogP contribution >= 0.6 is 11.3 Å². The zero-order valence-electron chi connectivity index (χ0n) is 14.8. The van der Waals surface area contributed by atoms with Gasteiger partial charge in [0.25, 0.3) is 11.5 Å². The van der Waals surface area contributed by atoms with Crippen molar-refractivity contribution < 1.29 is 9.59 Å². The van der Waals surface area contributed by atoms with Crippen LogP contribution in [0, 0.1) is 0 Å². The van der Waals surface area contributed by atoms with Gasteiger partial charge in [-0.05, 0) is 18.2 Å².